The maximum atomic E-state index is 5.40. The number of para-hydroxylation sites is 3. The Labute approximate surface area is 311 Å². The molecule has 4 heteroatoms. The summed E-state index contributed by atoms with van der Waals surface area (Å²) in [5.74, 6) is 0.697. The molecule has 4 nitrogen and oxygen atoms in total. The molecule has 3 heterocycles. The molecule has 252 valence electrons. The molecule has 0 bridgehead atoms. The predicted molar refractivity (Wildman–Crippen MR) is 225 cm³/mol. The number of fused-ring (bicyclic) bond motifs is 7. The van der Waals surface area contributed by atoms with Crippen LogP contribution in [0.3, 0.4) is 0 Å². The molecule has 0 saturated carbocycles. The fourth-order valence-corrected chi connectivity index (χ4v) is 8.33. The van der Waals surface area contributed by atoms with Crippen molar-refractivity contribution < 1.29 is 0 Å². The van der Waals surface area contributed by atoms with Crippen LogP contribution in [0.1, 0.15) is 0 Å². The zero-order valence-corrected chi connectivity index (χ0v) is 29.3. The van der Waals surface area contributed by atoms with Gasteiger partial charge < -0.3 is 9.13 Å². The highest BCUT2D eigenvalue weighted by Gasteiger charge is 2.19. The molecular formula is C50H32N4. The van der Waals surface area contributed by atoms with E-state index >= 15 is 0 Å². The van der Waals surface area contributed by atoms with Crippen LogP contribution in [0.4, 0.5) is 0 Å². The van der Waals surface area contributed by atoms with Crippen molar-refractivity contribution in [1.29, 1.82) is 0 Å². The number of nitrogens with zero attached hydrogens (tertiary/aromatic N) is 4. The first kappa shape index (κ1) is 30.3. The lowest BCUT2D eigenvalue weighted by atomic mass is 9.93. The largest absolute Gasteiger partial charge is 0.316 e. The minimum Gasteiger partial charge on any atom is -0.316 e. The quantitative estimate of drug-likeness (QED) is 0.180. The van der Waals surface area contributed by atoms with Gasteiger partial charge in [-0.15, -0.1) is 0 Å². The van der Waals surface area contributed by atoms with Crippen molar-refractivity contribution in [2.45, 2.75) is 0 Å². The average Bonchev–Trinajstić information content (AvgIpc) is 3.83. The number of benzene rings is 8. The molecule has 8 aromatic carbocycles. The Balaban J connectivity index is 1.12. The molecule has 11 rings (SSSR count). The molecule has 0 unspecified atom stereocenters. The summed E-state index contributed by atoms with van der Waals surface area (Å²) >= 11 is 0. The van der Waals surface area contributed by atoms with E-state index in [9.17, 15) is 0 Å². The van der Waals surface area contributed by atoms with Gasteiger partial charge in [0.1, 0.15) is 0 Å². The van der Waals surface area contributed by atoms with Crippen LogP contribution in [0.15, 0.2) is 194 Å². The summed E-state index contributed by atoms with van der Waals surface area (Å²) < 4.78 is 4.68. The van der Waals surface area contributed by atoms with Gasteiger partial charge in [-0.1, -0.05) is 140 Å². The van der Waals surface area contributed by atoms with E-state index in [1.807, 2.05) is 0 Å². The Morgan fingerprint density at radius 3 is 1.85 bits per heavy atom. The molecule has 0 spiro atoms. The molecule has 11 aromatic rings. The number of hydrogen-bond acceptors (Lipinski definition) is 2. The van der Waals surface area contributed by atoms with Crippen molar-refractivity contribution in [1.82, 2.24) is 19.1 Å². The van der Waals surface area contributed by atoms with Crippen LogP contribution < -0.4 is 0 Å². The van der Waals surface area contributed by atoms with E-state index in [0.29, 0.717) is 5.82 Å². The van der Waals surface area contributed by atoms with E-state index in [1.54, 1.807) is 0 Å². The Morgan fingerprint density at radius 1 is 0.370 bits per heavy atom. The van der Waals surface area contributed by atoms with Gasteiger partial charge in [-0.3, -0.25) is 0 Å². The fraction of sp³-hybridized carbons (Fsp3) is 0. The number of aromatic nitrogens is 4. The summed E-state index contributed by atoms with van der Waals surface area (Å²) in [4.78, 5) is 10.6. The van der Waals surface area contributed by atoms with Crippen molar-refractivity contribution in [3.63, 3.8) is 0 Å². The Morgan fingerprint density at radius 2 is 1.02 bits per heavy atom. The molecule has 0 fully saturated rings. The zero-order chi connectivity index (χ0) is 35.6. The molecule has 0 atom stereocenters. The second-order valence-corrected chi connectivity index (χ2v) is 13.8. The van der Waals surface area contributed by atoms with Crippen LogP contribution in [0.5, 0.6) is 0 Å². The van der Waals surface area contributed by atoms with Crippen molar-refractivity contribution in [2.24, 2.45) is 0 Å². The molecule has 0 aliphatic heterocycles. The summed E-state index contributed by atoms with van der Waals surface area (Å²) in [5, 5.41) is 7.05. The summed E-state index contributed by atoms with van der Waals surface area (Å²) in [6.45, 7) is 0. The smallest absolute Gasteiger partial charge is 0.160 e. The molecule has 0 aliphatic rings. The molecule has 0 aliphatic carbocycles. The third kappa shape index (κ3) is 4.70. The SMILES string of the molecule is c1ccc(-c2ccc(-c3nc(-c4cccc(-n5c6ccccc6c6ccc7c(ccn7-c7ccccc7)c65)c4)nc4ccccc34)c3ccccc23)cc1. The highest BCUT2D eigenvalue weighted by atomic mass is 15.0. The van der Waals surface area contributed by atoms with E-state index in [-0.39, 0.29) is 0 Å². The van der Waals surface area contributed by atoms with Gasteiger partial charge >= 0.3 is 0 Å². The van der Waals surface area contributed by atoms with Gasteiger partial charge in [0.15, 0.2) is 5.82 Å². The molecule has 0 N–H and O–H groups in total. The van der Waals surface area contributed by atoms with Crippen molar-refractivity contribution in [3.05, 3.63) is 194 Å². The van der Waals surface area contributed by atoms with Crippen LogP contribution in [-0.4, -0.2) is 19.1 Å². The fourth-order valence-electron chi connectivity index (χ4n) is 8.33. The Kier molecular flexibility index (Phi) is 6.82. The second-order valence-electron chi connectivity index (χ2n) is 13.8. The van der Waals surface area contributed by atoms with Crippen LogP contribution in [-0.2, 0) is 0 Å². The summed E-state index contributed by atoms with van der Waals surface area (Å²) in [6, 6.07) is 66.8. The monoisotopic (exact) mass is 688 g/mol. The molecule has 54 heavy (non-hydrogen) atoms. The van der Waals surface area contributed by atoms with E-state index in [0.717, 1.165) is 44.6 Å². The number of hydrogen-bond donors (Lipinski definition) is 0. The van der Waals surface area contributed by atoms with Crippen LogP contribution in [0.25, 0.3) is 99.5 Å². The van der Waals surface area contributed by atoms with Gasteiger partial charge in [0, 0.05) is 50.2 Å². The van der Waals surface area contributed by atoms with Gasteiger partial charge in [-0.25, -0.2) is 9.97 Å². The Hall–Kier alpha value is -7.30. The van der Waals surface area contributed by atoms with Crippen molar-refractivity contribution >= 4 is 54.4 Å². The van der Waals surface area contributed by atoms with Gasteiger partial charge in [0.2, 0.25) is 0 Å². The summed E-state index contributed by atoms with van der Waals surface area (Å²) in [5.41, 5.74) is 12.0. The molecule has 3 aromatic heterocycles. The van der Waals surface area contributed by atoms with Crippen LogP contribution >= 0.6 is 0 Å². The average molecular weight is 689 g/mol. The first-order valence-electron chi connectivity index (χ1n) is 18.3. The number of rotatable bonds is 5. The standard InChI is InChI=1S/C50H32N4/c1-3-14-33(15-4-1)37-26-27-41(39-21-8-7-20-38(37)39)48-43-23-9-11-24-45(43)51-50(52-48)34-16-13-19-36(32-34)54-47-25-12-10-22-40(47)42-28-29-46-44(49(42)54)30-31-53(46)35-17-5-2-6-18-35/h1-32H. The predicted octanol–water partition coefficient (Wildman–Crippen LogP) is 12.8. The second kappa shape index (κ2) is 12.1. The first-order valence-corrected chi connectivity index (χ1v) is 18.3. The first-order chi connectivity index (χ1) is 26.8. The highest BCUT2D eigenvalue weighted by molar-refractivity contribution is 6.18. The minimum atomic E-state index is 0.697. The Bertz CT molecular complexity index is 3210. The topological polar surface area (TPSA) is 35.6 Å². The third-order valence-corrected chi connectivity index (χ3v) is 10.8. The van der Waals surface area contributed by atoms with E-state index in [2.05, 4.69) is 203 Å². The van der Waals surface area contributed by atoms with Crippen LogP contribution in [0, 0.1) is 0 Å². The van der Waals surface area contributed by atoms with E-state index in [4.69, 9.17) is 9.97 Å². The van der Waals surface area contributed by atoms with Crippen molar-refractivity contribution in [2.75, 3.05) is 0 Å². The van der Waals surface area contributed by atoms with Gasteiger partial charge in [0.25, 0.3) is 0 Å². The van der Waals surface area contributed by atoms with Crippen LogP contribution in [0.2, 0.25) is 0 Å². The van der Waals surface area contributed by atoms with Gasteiger partial charge in [0.05, 0.1) is 27.8 Å². The molecular weight excluding hydrogens is 657 g/mol. The van der Waals surface area contributed by atoms with E-state index in [1.165, 1.54) is 49.1 Å². The molecule has 0 saturated heterocycles. The van der Waals surface area contributed by atoms with E-state index < -0.39 is 0 Å². The van der Waals surface area contributed by atoms with Gasteiger partial charge in [-0.2, -0.15) is 0 Å². The highest BCUT2D eigenvalue weighted by Crippen LogP contribution is 2.40. The summed E-state index contributed by atoms with van der Waals surface area (Å²) in [6.07, 6.45) is 2.18. The normalized spacial score (nSPS) is 11.7. The maximum absolute atomic E-state index is 5.40. The summed E-state index contributed by atoms with van der Waals surface area (Å²) in [7, 11) is 0. The van der Waals surface area contributed by atoms with Gasteiger partial charge in [-0.05, 0) is 70.4 Å². The van der Waals surface area contributed by atoms with Crippen molar-refractivity contribution in [3.8, 4) is 45.1 Å². The zero-order valence-electron chi connectivity index (χ0n) is 29.3. The lowest BCUT2D eigenvalue weighted by Crippen LogP contribution is -1.98. The minimum absolute atomic E-state index is 0.697. The lowest BCUT2D eigenvalue weighted by Gasteiger charge is -2.15. The third-order valence-electron chi connectivity index (χ3n) is 10.8. The molecule has 0 amide bonds. The maximum Gasteiger partial charge on any atom is 0.160 e. The lowest BCUT2D eigenvalue weighted by molar-refractivity contribution is 1.13. The molecule has 0 radical (unpaired) electrons.